The lowest BCUT2D eigenvalue weighted by atomic mass is 9.82. The maximum Gasteiger partial charge on any atom is 0.392 e. The molecule has 1 N–H and O–H groups in total. The number of carboxylic acids is 1. The summed E-state index contributed by atoms with van der Waals surface area (Å²) in [5.74, 6) is -2.47. The second-order valence-corrected chi connectivity index (χ2v) is 3.04. The van der Waals surface area contributed by atoms with Gasteiger partial charge in [-0.05, 0) is 12.8 Å². The fraction of sp³-hybridized carbons (Fsp3) is 0.857. The third-order valence-corrected chi connectivity index (χ3v) is 2.00. The predicted octanol–water partition coefficient (Wildman–Crippen LogP) is 1.43. The fourth-order valence-electron chi connectivity index (χ4n) is 1.16. The molecule has 0 aromatic heterocycles. The van der Waals surface area contributed by atoms with Crippen molar-refractivity contribution in [3.05, 3.63) is 0 Å². The van der Waals surface area contributed by atoms with Gasteiger partial charge < -0.3 is 9.84 Å². The van der Waals surface area contributed by atoms with Crippen LogP contribution in [0.3, 0.4) is 0 Å². The van der Waals surface area contributed by atoms with Gasteiger partial charge in [0.25, 0.3) is 0 Å². The molecular formula is C7H9F3O3. The van der Waals surface area contributed by atoms with Crippen LogP contribution in [0, 0.1) is 5.92 Å². The van der Waals surface area contributed by atoms with E-state index in [-0.39, 0.29) is 12.8 Å². The van der Waals surface area contributed by atoms with Crippen molar-refractivity contribution >= 4 is 5.97 Å². The molecule has 0 bridgehead atoms. The highest BCUT2D eigenvalue weighted by atomic mass is 19.4. The minimum atomic E-state index is -4.16. The lowest BCUT2D eigenvalue weighted by Gasteiger charge is -2.35. The Morgan fingerprint density at radius 1 is 1.46 bits per heavy atom. The molecule has 3 nitrogen and oxygen atoms in total. The lowest BCUT2D eigenvalue weighted by Crippen LogP contribution is -2.41. The van der Waals surface area contributed by atoms with Crippen LogP contribution in [0.25, 0.3) is 0 Å². The van der Waals surface area contributed by atoms with Crippen LogP contribution in [0.5, 0.6) is 0 Å². The van der Waals surface area contributed by atoms with E-state index < -0.39 is 30.8 Å². The van der Waals surface area contributed by atoms with E-state index in [0.717, 1.165) is 0 Å². The average Bonchev–Trinajstić information content (AvgIpc) is 1.79. The Kier molecular flexibility index (Phi) is 2.80. The Morgan fingerprint density at radius 2 is 2.00 bits per heavy atom. The molecule has 13 heavy (non-hydrogen) atoms. The molecule has 6 heteroatoms. The minimum absolute atomic E-state index is 0.114. The Labute approximate surface area is 72.5 Å². The first kappa shape index (κ1) is 10.3. The highest BCUT2D eigenvalue weighted by molar-refractivity contribution is 5.68. The molecule has 0 saturated heterocycles. The quantitative estimate of drug-likeness (QED) is 0.746. The predicted molar refractivity (Wildman–Crippen MR) is 36.2 cm³/mol. The van der Waals surface area contributed by atoms with Crippen LogP contribution in [0.1, 0.15) is 12.8 Å². The molecule has 0 unspecified atom stereocenters. The van der Waals surface area contributed by atoms with Gasteiger partial charge in [-0.2, -0.15) is 13.2 Å². The summed E-state index contributed by atoms with van der Waals surface area (Å²) in [5.41, 5.74) is 0. The number of halogens is 3. The summed E-state index contributed by atoms with van der Waals surface area (Å²) in [5, 5.41) is 8.16. The van der Waals surface area contributed by atoms with Crippen molar-refractivity contribution in [3.8, 4) is 0 Å². The Hall–Kier alpha value is -0.780. The molecule has 0 aromatic rings. The molecule has 1 rings (SSSR count). The average molecular weight is 198 g/mol. The van der Waals surface area contributed by atoms with Crippen molar-refractivity contribution in [2.45, 2.75) is 25.1 Å². The summed E-state index contributed by atoms with van der Waals surface area (Å²) in [6, 6.07) is 0. The zero-order valence-corrected chi connectivity index (χ0v) is 6.67. The molecule has 1 fully saturated rings. The van der Waals surface area contributed by atoms with Crippen LogP contribution in [0.4, 0.5) is 13.2 Å². The smallest absolute Gasteiger partial charge is 0.392 e. The largest absolute Gasteiger partial charge is 0.480 e. The highest BCUT2D eigenvalue weighted by Crippen LogP contribution is 2.42. The van der Waals surface area contributed by atoms with E-state index in [1.165, 1.54) is 0 Å². The number of carbonyl (C=O) groups is 1. The first-order valence-electron chi connectivity index (χ1n) is 3.79. The molecule has 0 aliphatic heterocycles. The number of ether oxygens (including phenoxy) is 1. The van der Waals surface area contributed by atoms with E-state index in [1.54, 1.807) is 0 Å². The van der Waals surface area contributed by atoms with Crippen molar-refractivity contribution in [2.75, 3.05) is 6.61 Å². The number of alkyl halides is 3. The summed E-state index contributed by atoms with van der Waals surface area (Å²) < 4.78 is 40.4. The SMILES string of the molecule is O=C(O)COC1CC(C(F)(F)F)C1. The third kappa shape index (κ3) is 2.87. The number of carboxylic acid groups (broad SMARTS) is 1. The van der Waals surface area contributed by atoms with Gasteiger partial charge >= 0.3 is 12.1 Å². The van der Waals surface area contributed by atoms with Gasteiger partial charge in [0.15, 0.2) is 0 Å². The van der Waals surface area contributed by atoms with Crippen molar-refractivity contribution in [2.24, 2.45) is 5.92 Å². The normalized spacial score (nSPS) is 28.2. The topological polar surface area (TPSA) is 46.5 Å². The van der Waals surface area contributed by atoms with E-state index in [2.05, 4.69) is 4.74 Å². The Morgan fingerprint density at radius 3 is 2.38 bits per heavy atom. The molecule has 0 radical (unpaired) electrons. The van der Waals surface area contributed by atoms with Crippen LogP contribution < -0.4 is 0 Å². The maximum atomic E-state index is 11.9. The fourth-order valence-corrected chi connectivity index (χ4v) is 1.16. The molecule has 1 aliphatic rings. The van der Waals surface area contributed by atoms with Crippen LogP contribution >= 0.6 is 0 Å². The second-order valence-electron chi connectivity index (χ2n) is 3.04. The lowest BCUT2D eigenvalue weighted by molar-refractivity contribution is -0.220. The number of aliphatic carboxylic acids is 1. The summed E-state index contributed by atoms with van der Waals surface area (Å²) >= 11 is 0. The first-order chi connectivity index (χ1) is 5.89. The van der Waals surface area contributed by atoms with E-state index in [4.69, 9.17) is 5.11 Å². The maximum absolute atomic E-state index is 11.9. The molecule has 1 saturated carbocycles. The summed E-state index contributed by atoms with van der Waals surface area (Å²) in [6.07, 6.45) is -4.93. The van der Waals surface area contributed by atoms with Gasteiger partial charge in [0.1, 0.15) is 6.61 Å². The molecular weight excluding hydrogens is 189 g/mol. The van der Waals surface area contributed by atoms with E-state index in [1.807, 2.05) is 0 Å². The Bertz CT molecular complexity index is 196. The monoisotopic (exact) mass is 198 g/mol. The van der Waals surface area contributed by atoms with Crippen molar-refractivity contribution in [1.82, 2.24) is 0 Å². The number of hydrogen-bond acceptors (Lipinski definition) is 2. The van der Waals surface area contributed by atoms with Crippen LogP contribution in [-0.4, -0.2) is 30.0 Å². The number of rotatable bonds is 3. The van der Waals surface area contributed by atoms with Gasteiger partial charge in [-0.1, -0.05) is 0 Å². The zero-order chi connectivity index (χ0) is 10.1. The molecule has 0 aromatic carbocycles. The number of hydrogen-bond donors (Lipinski definition) is 1. The van der Waals surface area contributed by atoms with Crippen molar-refractivity contribution in [3.63, 3.8) is 0 Å². The van der Waals surface area contributed by atoms with Gasteiger partial charge in [-0.3, -0.25) is 0 Å². The summed E-state index contributed by atoms with van der Waals surface area (Å²) in [7, 11) is 0. The van der Waals surface area contributed by atoms with Gasteiger partial charge in [0.05, 0.1) is 12.0 Å². The van der Waals surface area contributed by atoms with E-state index >= 15 is 0 Å². The van der Waals surface area contributed by atoms with Gasteiger partial charge in [-0.25, -0.2) is 4.79 Å². The highest BCUT2D eigenvalue weighted by Gasteiger charge is 2.48. The second kappa shape index (κ2) is 3.53. The van der Waals surface area contributed by atoms with Gasteiger partial charge in [-0.15, -0.1) is 0 Å². The molecule has 0 atom stereocenters. The standard InChI is InChI=1S/C7H9F3O3/c8-7(9,10)4-1-5(2-4)13-3-6(11)12/h4-5H,1-3H2,(H,11,12). The Balaban J connectivity index is 2.15. The van der Waals surface area contributed by atoms with Crippen LogP contribution in [-0.2, 0) is 9.53 Å². The van der Waals surface area contributed by atoms with Gasteiger partial charge in [0.2, 0.25) is 0 Å². The van der Waals surface area contributed by atoms with Gasteiger partial charge in [0, 0.05) is 0 Å². The molecule has 0 amide bonds. The zero-order valence-electron chi connectivity index (χ0n) is 6.67. The van der Waals surface area contributed by atoms with E-state index in [9.17, 15) is 18.0 Å². The minimum Gasteiger partial charge on any atom is -0.480 e. The summed E-state index contributed by atoms with van der Waals surface area (Å²) in [4.78, 5) is 9.97. The molecule has 1 aliphatic carbocycles. The van der Waals surface area contributed by atoms with Crippen LogP contribution in [0.2, 0.25) is 0 Å². The van der Waals surface area contributed by atoms with Crippen LogP contribution in [0.15, 0.2) is 0 Å². The molecule has 0 spiro atoms. The van der Waals surface area contributed by atoms with Crippen molar-refractivity contribution in [1.29, 1.82) is 0 Å². The molecule has 0 heterocycles. The van der Waals surface area contributed by atoms with Crippen molar-refractivity contribution < 1.29 is 27.8 Å². The third-order valence-electron chi connectivity index (χ3n) is 2.00. The molecule has 76 valence electrons. The van der Waals surface area contributed by atoms with E-state index in [0.29, 0.717) is 0 Å². The first-order valence-corrected chi connectivity index (χ1v) is 3.79. The summed E-state index contributed by atoms with van der Waals surface area (Å²) in [6.45, 7) is -0.519.